The molecule has 0 radical (unpaired) electrons. The number of aliphatic hydroxyl groups excluding tert-OH is 1. The fourth-order valence-corrected chi connectivity index (χ4v) is 4.42. The molecule has 1 fully saturated rings. The van der Waals surface area contributed by atoms with Gasteiger partial charge in [-0.2, -0.15) is 18.3 Å². The van der Waals surface area contributed by atoms with Crippen molar-refractivity contribution in [3.05, 3.63) is 76.7 Å². The summed E-state index contributed by atoms with van der Waals surface area (Å²) in [6, 6.07) is 8.72. The minimum absolute atomic E-state index is 0.0342. The fraction of sp³-hybridized carbons (Fsp3) is 0.308. The number of carbonyl (C=O) groups is 1. The first-order valence-corrected chi connectivity index (χ1v) is 11.9. The Hall–Kier alpha value is -4.03. The Labute approximate surface area is 216 Å². The molecule has 0 unspecified atom stereocenters. The molecule has 9 nitrogen and oxygen atoms in total. The number of alkyl halides is 3. The van der Waals surface area contributed by atoms with Crippen molar-refractivity contribution in [2.45, 2.75) is 32.7 Å². The second-order valence-electron chi connectivity index (χ2n) is 9.49. The van der Waals surface area contributed by atoms with E-state index in [1.165, 1.54) is 12.1 Å². The summed E-state index contributed by atoms with van der Waals surface area (Å²) in [6.45, 7) is 4.52. The number of aryl methyl sites for hydroxylation is 2. The van der Waals surface area contributed by atoms with Crippen LogP contribution in [0.25, 0.3) is 16.9 Å². The number of hydrogen-bond donors (Lipinski definition) is 2. The quantitative estimate of drug-likeness (QED) is 0.398. The summed E-state index contributed by atoms with van der Waals surface area (Å²) in [7, 11) is 1.83. The highest BCUT2D eigenvalue weighted by molar-refractivity contribution is 6.04. The van der Waals surface area contributed by atoms with Crippen LogP contribution in [0.15, 0.2) is 48.8 Å². The summed E-state index contributed by atoms with van der Waals surface area (Å²) in [6.07, 6.45) is -1.66. The van der Waals surface area contributed by atoms with Crippen molar-refractivity contribution in [1.29, 1.82) is 0 Å². The number of halogens is 3. The van der Waals surface area contributed by atoms with Gasteiger partial charge in [0.15, 0.2) is 0 Å². The van der Waals surface area contributed by atoms with Crippen LogP contribution in [0.4, 0.5) is 18.9 Å². The average molecular weight is 526 g/mol. The number of carbonyl (C=O) groups excluding carboxylic acids is 1. The summed E-state index contributed by atoms with van der Waals surface area (Å²) in [5, 5.41) is 24.7. The Morgan fingerprint density at radius 2 is 1.92 bits per heavy atom. The van der Waals surface area contributed by atoms with E-state index >= 15 is 0 Å². The molecule has 0 saturated carbocycles. The Kier molecular flexibility index (Phi) is 6.53. The first kappa shape index (κ1) is 25.6. The van der Waals surface area contributed by atoms with Crippen LogP contribution < -0.4 is 5.32 Å². The molecular weight excluding hydrogens is 499 g/mol. The lowest BCUT2D eigenvalue weighted by Crippen LogP contribution is -2.50. The molecule has 38 heavy (non-hydrogen) atoms. The number of nitrogens with zero attached hydrogens (tertiary/aromatic N) is 6. The highest BCUT2D eigenvalue weighted by Gasteiger charge is 2.35. The predicted molar refractivity (Wildman–Crippen MR) is 134 cm³/mol. The number of benzene rings is 2. The molecule has 0 aliphatic carbocycles. The largest absolute Gasteiger partial charge is 0.416 e. The second kappa shape index (κ2) is 9.69. The number of hydrogen-bond acceptors (Lipinski definition) is 6. The van der Waals surface area contributed by atoms with Gasteiger partial charge in [0.1, 0.15) is 5.69 Å². The zero-order valence-corrected chi connectivity index (χ0v) is 21.0. The maximum absolute atomic E-state index is 13.8. The molecule has 1 saturated heterocycles. The van der Waals surface area contributed by atoms with Crippen molar-refractivity contribution >= 4 is 11.6 Å². The third kappa shape index (κ3) is 5.04. The van der Waals surface area contributed by atoms with E-state index in [-0.39, 0.29) is 23.4 Å². The van der Waals surface area contributed by atoms with Gasteiger partial charge in [0, 0.05) is 49.2 Å². The zero-order chi connectivity index (χ0) is 27.2. The van der Waals surface area contributed by atoms with Crippen molar-refractivity contribution in [3.63, 3.8) is 0 Å². The van der Waals surface area contributed by atoms with Crippen LogP contribution in [0.5, 0.6) is 0 Å². The molecule has 2 aromatic carbocycles. The number of rotatable bonds is 6. The predicted octanol–water partition coefficient (Wildman–Crippen LogP) is 3.73. The summed E-state index contributed by atoms with van der Waals surface area (Å²) < 4.78 is 44.6. The van der Waals surface area contributed by atoms with Crippen LogP contribution in [-0.4, -0.2) is 59.9 Å². The van der Waals surface area contributed by atoms with Crippen molar-refractivity contribution < 1.29 is 23.1 Å². The minimum Gasteiger partial charge on any atom is -0.390 e. The van der Waals surface area contributed by atoms with Gasteiger partial charge < -0.3 is 10.4 Å². The number of aromatic nitrogens is 5. The van der Waals surface area contributed by atoms with Gasteiger partial charge >= 0.3 is 6.18 Å². The van der Waals surface area contributed by atoms with Gasteiger partial charge in [-0.15, -0.1) is 5.10 Å². The lowest BCUT2D eigenvalue weighted by molar-refractivity contribution is -0.138. The monoisotopic (exact) mass is 525 g/mol. The molecule has 2 aromatic heterocycles. The van der Waals surface area contributed by atoms with Gasteiger partial charge in [0.25, 0.3) is 5.91 Å². The summed E-state index contributed by atoms with van der Waals surface area (Å²) >= 11 is 0. The molecule has 1 aliphatic heterocycles. The molecule has 1 aliphatic rings. The topological polar surface area (TPSA) is 101 Å². The van der Waals surface area contributed by atoms with E-state index in [1.807, 2.05) is 20.9 Å². The Balaban J connectivity index is 1.37. The van der Waals surface area contributed by atoms with Crippen molar-refractivity contribution in [3.8, 4) is 16.9 Å². The molecule has 0 spiro atoms. The Morgan fingerprint density at radius 1 is 1.16 bits per heavy atom. The van der Waals surface area contributed by atoms with Gasteiger partial charge in [0.05, 0.1) is 29.7 Å². The van der Waals surface area contributed by atoms with Gasteiger partial charge in [0.2, 0.25) is 0 Å². The van der Waals surface area contributed by atoms with Gasteiger partial charge in [-0.3, -0.25) is 14.4 Å². The van der Waals surface area contributed by atoms with Crippen LogP contribution in [-0.2, 0) is 19.8 Å². The van der Waals surface area contributed by atoms with E-state index < -0.39 is 23.8 Å². The van der Waals surface area contributed by atoms with E-state index in [0.717, 1.165) is 22.9 Å². The summed E-state index contributed by atoms with van der Waals surface area (Å²) in [5.41, 5.74) is 3.39. The summed E-state index contributed by atoms with van der Waals surface area (Å²) in [4.78, 5) is 14.7. The maximum atomic E-state index is 13.8. The van der Waals surface area contributed by atoms with Crippen LogP contribution >= 0.6 is 0 Å². The van der Waals surface area contributed by atoms with E-state index in [0.29, 0.717) is 24.5 Å². The molecular formula is C26H26F3N7O2. The van der Waals surface area contributed by atoms with Gasteiger partial charge in [-0.25, -0.2) is 4.68 Å². The SMILES string of the molecule is Cc1ccc(C(=O)Nc2ccc(CN3CC(O)C3)c(C(F)(F)F)c2)cc1-n1cc(-c2cnn(C)c2C)nn1. The van der Waals surface area contributed by atoms with Crippen LogP contribution in [0.1, 0.15) is 32.7 Å². The van der Waals surface area contributed by atoms with E-state index in [2.05, 4.69) is 20.7 Å². The highest BCUT2D eigenvalue weighted by atomic mass is 19.4. The average Bonchev–Trinajstić information content (AvgIpc) is 3.45. The van der Waals surface area contributed by atoms with E-state index in [1.54, 1.807) is 44.9 Å². The fourth-order valence-electron chi connectivity index (χ4n) is 4.42. The second-order valence-corrected chi connectivity index (χ2v) is 9.49. The van der Waals surface area contributed by atoms with Crippen molar-refractivity contribution in [2.75, 3.05) is 18.4 Å². The molecule has 12 heteroatoms. The van der Waals surface area contributed by atoms with Crippen molar-refractivity contribution in [1.82, 2.24) is 29.7 Å². The lowest BCUT2D eigenvalue weighted by atomic mass is 10.0. The van der Waals surface area contributed by atoms with Crippen LogP contribution in [0.3, 0.4) is 0 Å². The number of likely N-dealkylation sites (tertiary alicyclic amines) is 1. The minimum atomic E-state index is -4.59. The van der Waals surface area contributed by atoms with Crippen molar-refractivity contribution in [2.24, 2.45) is 7.05 Å². The maximum Gasteiger partial charge on any atom is 0.416 e. The Morgan fingerprint density at radius 3 is 2.58 bits per heavy atom. The highest BCUT2D eigenvalue weighted by Crippen LogP contribution is 2.35. The first-order valence-electron chi connectivity index (χ1n) is 11.9. The van der Waals surface area contributed by atoms with E-state index in [9.17, 15) is 23.1 Å². The van der Waals surface area contributed by atoms with Gasteiger partial charge in [-0.1, -0.05) is 17.3 Å². The molecule has 3 heterocycles. The number of β-amino-alcohol motifs (C(OH)–C–C–N with tert-alkyl or cyclic N) is 1. The smallest absolute Gasteiger partial charge is 0.390 e. The number of nitrogens with one attached hydrogen (secondary N) is 1. The molecule has 1 amide bonds. The normalized spacial score (nSPS) is 14.5. The molecule has 4 aromatic rings. The van der Waals surface area contributed by atoms with Crippen LogP contribution in [0.2, 0.25) is 0 Å². The molecule has 2 N–H and O–H groups in total. The number of amides is 1. The summed E-state index contributed by atoms with van der Waals surface area (Å²) in [5.74, 6) is -0.554. The number of anilines is 1. The van der Waals surface area contributed by atoms with E-state index in [4.69, 9.17) is 0 Å². The number of aliphatic hydroxyl groups is 1. The third-order valence-electron chi connectivity index (χ3n) is 6.73. The molecule has 0 atom stereocenters. The lowest BCUT2D eigenvalue weighted by Gasteiger charge is -2.36. The first-order chi connectivity index (χ1) is 18.0. The van der Waals surface area contributed by atoms with Gasteiger partial charge in [-0.05, 0) is 49.2 Å². The third-order valence-corrected chi connectivity index (χ3v) is 6.73. The van der Waals surface area contributed by atoms with Crippen LogP contribution in [0, 0.1) is 13.8 Å². The molecule has 0 bridgehead atoms. The Bertz CT molecular complexity index is 1500. The zero-order valence-electron chi connectivity index (χ0n) is 21.0. The molecule has 198 valence electrons. The standard InChI is InChI=1S/C26H26F3N7O2/c1-15-4-5-17(8-24(15)36-14-23(32-33-36)21-10-30-34(3)16(21)2)25(38)31-19-7-6-18(11-35-12-20(37)13-35)22(9-19)26(27,28)29/h4-10,14,20,37H,11-13H2,1-3H3,(H,31,38). The molecule has 5 rings (SSSR count).